The number of allylic oxidation sites excluding steroid dienone is 1. The summed E-state index contributed by atoms with van der Waals surface area (Å²) in [4.78, 5) is 25.5. The SMILES string of the molecule is CCN1CCN(c2cc(C(=O)NCCC3=CCCCC3)ncn2)CC1. The maximum atomic E-state index is 12.4. The van der Waals surface area contributed by atoms with Crippen LogP contribution in [0.3, 0.4) is 0 Å². The minimum Gasteiger partial charge on any atom is -0.354 e. The molecule has 3 rings (SSSR count). The first kappa shape index (κ1) is 17.9. The summed E-state index contributed by atoms with van der Waals surface area (Å²) in [6, 6.07) is 1.82. The Balaban J connectivity index is 1.52. The van der Waals surface area contributed by atoms with Crippen LogP contribution < -0.4 is 10.2 Å². The Bertz CT molecular complexity index is 608. The fourth-order valence-corrected chi connectivity index (χ4v) is 3.50. The van der Waals surface area contributed by atoms with E-state index in [0.29, 0.717) is 12.2 Å². The van der Waals surface area contributed by atoms with Gasteiger partial charge in [0, 0.05) is 38.8 Å². The molecule has 1 N–H and O–H groups in total. The van der Waals surface area contributed by atoms with Gasteiger partial charge in [0.25, 0.3) is 5.91 Å². The summed E-state index contributed by atoms with van der Waals surface area (Å²) in [7, 11) is 0. The Labute approximate surface area is 150 Å². The van der Waals surface area contributed by atoms with Crippen LogP contribution in [0.2, 0.25) is 0 Å². The molecule has 2 aliphatic rings. The number of amides is 1. The Hall–Kier alpha value is -1.95. The van der Waals surface area contributed by atoms with Crippen molar-refractivity contribution in [3.8, 4) is 0 Å². The molecule has 25 heavy (non-hydrogen) atoms. The van der Waals surface area contributed by atoms with Gasteiger partial charge in [-0.15, -0.1) is 0 Å². The molecular weight excluding hydrogens is 314 g/mol. The average Bonchev–Trinajstić information content (AvgIpc) is 2.69. The molecule has 0 saturated carbocycles. The number of carbonyl (C=O) groups is 1. The topological polar surface area (TPSA) is 61.4 Å². The maximum absolute atomic E-state index is 12.4. The maximum Gasteiger partial charge on any atom is 0.270 e. The van der Waals surface area contributed by atoms with Crippen molar-refractivity contribution in [1.29, 1.82) is 0 Å². The van der Waals surface area contributed by atoms with Crippen molar-refractivity contribution in [3.63, 3.8) is 0 Å². The number of hydrogen-bond donors (Lipinski definition) is 1. The van der Waals surface area contributed by atoms with Crippen LogP contribution in [0.25, 0.3) is 0 Å². The third-order valence-electron chi connectivity index (χ3n) is 5.15. The third kappa shape index (κ3) is 5.01. The molecule has 1 aromatic heterocycles. The number of nitrogens with one attached hydrogen (secondary N) is 1. The van der Waals surface area contributed by atoms with E-state index in [1.807, 2.05) is 6.07 Å². The molecule has 1 amide bonds. The van der Waals surface area contributed by atoms with E-state index in [4.69, 9.17) is 0 Å². The summed E-state index contributed by atoms with van der Waals surface area (Å²) in [5.74, 6) is 0.748. The second kappa shape index (κ2) is 8.94. The number of aromatic nitrogens is 2. The Morgan fingerprint density at radius 2 is 2.04 bits per heavy atom. The number of hydrogen-bond acceptors (Lipinski definition) is 5. The van der Waals surface area contributed by atoms with Crippen molar-refractivity contribution >= 4 is 11.7 Å². The molecule has 1 saturated heterocycles. The van der Waals surface area contributed by atoms with Gasteiger partial charge in [-0.25, -0.2) is 9.97 Å². The summed E-state index contributed by atoms with van der Waals surface area (Å²) < 4.78 is 0. The normalized spacial score (nSPS) is 18.8. The summed E-state index contributed by atoms with van der Waals surface area (Å²) >= 11 is 0. The van der Waals surface area contributed by atoms with Crippen molar-refractivity contribution in [3.05, 3.63) is 29.7 Å². The molecule has 1 aliphatic heterocycles. The van der Waals surface area contributed by atoms with E-state index >= 15 is 0 Å². The van der Waals surface area contributed by atoms with E-state index in [-0.39, 0.29) is 5.91 Å². The van der Waals surface area contributed by atoms with Crippen LogP contribution in [0.1, 0.15) is 49.5 Å². The summed E-state index contributed by atoms with van der Waals surface area (Å²) in [6.45, 7) is 7.92. The lowest BCUT2D eigenvalue weighted by atomic mass is 9.97. The van der Waals surface area contributed by atoms with Gasteiger partial charge in [0.2, 0.25) is 0 Å². The van der Waals surface area contributed by atoms with Crippen molar-refractivity contribution in [2.75, 3.05) is 44.2 Å². The van der Waals surface area contributed by atoms with E-state index in [0.717, 1.165) is 45.0 Å². The number of piperazine rings is 1. The summed E-state index contributed by atoms with van der Waals surface area (Å²) in [5.41, 5.74) is 1.93. The molecule has 0 atom stereocenters. The molecule has 6 nitrogen and oxygen atoms in total. The highest BCUT2D eigenvalue weighted by Crippen LogP contribution is 2.19. The van der Waals surface area contributed by atoms with Crippen LogP contribution in [-0.2, 0) is 0 Å². The van der Waals surface area contributed by atoms with Crippen LogP contribution in [0.15, 0.2) is 24.0 Å². The van der Waals surface area contributed by atoms with Crippen molar-refractivity contribution in [2.24, 2.45) is 0 Å². The fourth-order valence-electron chi connectivity index (χ4n) is 3.50. The number of rotatable bonds is 6. The van der Waals surface area contributed by atoms with E-state index in [2.05, 4.69) is 38.1 Å². The lowest BCUT2D eigenvalue weighted by molar-refractivity contribution is 0.0949. The Morgan fingerprint density at radius 1 is 1.20 bits per heavy atom. The zero-order valence-electron chi connectivity index (χ0n) is 15.2. The van der Waals surface area contributed by atoms with Gasteiger partial charge in [0.1, 0.15) is 17.8 Å². The molecule has 1 aromatic rings. The van der Waals surface area contributed by atoms with Crippen LogP contribution in [0, 0.1) is 0 Å². The molecular formula is C19H29N5O. The lowest BCUT2D eigenvalue weighted by Crippen LogP contribution is -2.46. The van der Waals surface area contributed by atoms with Gasteiger partial charge in [-0.3, -0.25) is 4.79 Å². The smallest absolute Gasteiger partial charge is 0.270 e. The predicted molar refractivity (Wildman–Crippen MR) is 99.9 cm³/mol. The standard InChI is InChI=1S/C19H29N5O/c1-2-23-10-12-24(13-11-23)18-14-17(21-15-22-18)19(25)20-9-8-16-6-4-3-5-7-16/h6,14-15H,2-5,7-13H2,1H3,(H,20,25). The molecule has 0 unspecified atom stereocenters. The monoisotopic (exact) mass is 343 g/mol. The molecule has 1 fully saturated rings. The first-order valence-corrected chi connectivity index (χ1v) is 9.51. The molecule has 2 heterocycles. The second-order valence-corrected chi connectivity index (χ2v) is 6.80. The zero-order valence-corrected chi connectivity index (χ0v) is 15.2. The molecule has 0 radical (unpaired) electrons. The van der Waals surface area contributed by atoms with Crippen LogP contribution in [0.5, 0.6) is 0 Å². The van der Waals surface area contributed by atoms with Gasteiger partial charge in [0.05, 0.1) is 0 Å². The van der Waals surface area contributed by atoms with Gasteiger partial charge >= 0.3 is 0 Å². The van der Waals surface area contributed by atoms with Gasteiger partial charge in [-0.1, -0.05) is 18.6 Å². The average molecular weight is 343 g/mol. The van der Waals surface area contributed by atoms with E-state index in [1.165, 1.54) is 37.6 Å². The van der Waals surface area contributed by atoms with Crippen LogP contribution >= 0.6 is 0 Å². The highest BCUT2D eigenvalue weighted by Gasteiger charge is 2.18. The molecule has 1 aliphatic carbocycles. The molecule has 136 valence electrons. The summed E-state index contributed by atoms with van der Waals surface area (Å²) in [6.07, 6.45) is 9.71. The van der Waals surface area contributed by atoms with Crippen molar-refractivity contribution < 1.29 is 4.79 Å². The molecule has 6 heteroatoms. The zero-order chi connectivity index (χ0) is 17.5. The van der Waals surface area contributed by atoms with E-state index < -0.39 is 0 Å². The number of nitrogens with zero attached hydrogens (tertiary/aromatic N) is 4. The first-order chi connectivity index (χ1) is 12.3. The third-order valence-corrected chi connectivity index (χ3v) is 5.15. The molecule has 0 bridgehead atoms. The quantitative estimate of drug-likeness (QED) is 0.803. The lowest BCUT2D eigenvalue weighted by Gasteiger charge is -2.34. The predicted octanol–water partition coefficient (Wildman–Crippen LogP) is 2.24. The van der Waals surface area contributed by atoms with E-state index in [9.17, 15) is 4.79 Å². The van der Waals surface area contributed by atoms with E-state index in [1.54, 1.807) is 0 Å². The Kier molecular flexibility index (Phi) is 6.39. The number of likely N-dealkylation sites (N-methyl/N-ethyl adjacent to an activating group) is 1. The van der Waals surface area contributed by atoms with Crippen LogP contribution in [0.4, 0.5) is 5.82 Å². The summed E-state index contributed by atoms with van der Waals surface area (Å²) in [5, 5.41) is 3.00. The molecule has 0 aromatic carbocycles. The minimum atomic E-state index is -0.104. The molecule has 0 spiro atoms. The van der Waals surface area contributed by atoms with Crippen LogP contribution in [-0.4, -0.2) is 60.0 Å². The van der Waals surface area contributed by atoms with Gasteiger partial charge in [0.15, 0.2) is 0 Å². The number of anilines is 1. The van der Waals surface area contributed by atoms with Gasteiger partial charge in [-0.05, 0) is 38.6 Å². The highest BCUT2D eigenvalue weighted by molar-refractivity contribution is 5.92. The largest absolute Gasteiger partial charge is 0.354 e. The highest BCUT2D eigenvalue weighted by atomic mass is 16.1. The Morgan fingerprint density at radius 3 is 2.76 bits per heavy atom. The van der Waals surface area contributed by atoms with Crippen molar-refractivity contribution in [2.45, 2.75) is 39.0 Å². The number of carbonyl (C=O) groups excluding carboxylic acids is 1. The first-order valence-electron chi connectivity index (χ1n) is 9.51. The van der Waals surface area contributed by atoms with Gasteiger partial charge in [-0.2, -0.15) is 0 Å². The fraction of sp³-hybridized carbons (Fsp3) is 0.632. The minimum absolute atomic E-state index is 0.104. The van der Waals surface area contributed by atoms with Crippen molar-refractivity contribution in [1.82, 2.24) is 20.2 Å². The van der Waals surface area contributed by atoms with Gasteiger partial charge < -0.3 is 15.1 Å². The second-order valence-electron chi connectivity index (χ2n) is 6.80.